The minimum atomic E-state index is 0.727. The van der Waals surface area contributed by atoms with Gasteiger partial charge in [-0.1, -0.05) is 0 Å². The number of nitrogens with one attached hydrogen (secondary N) is 1. The SMILES string of the molecule is COc1ccc(NCCSC)c(N)c1. The first kappa shape index (κ1) is 11.0. The number of thioether (sulfide) groups is 1. The van der Waals surface area contributed by atoms with Gasteiger partial charge in [0.15, 0.2) is 0 Å². The monoisotopic (exact) mass is 212 g/mol. The standard InChI is InChI=1S/C10H16N2OS/c1-13-8-3-4-10(9(11)7-8)12-5-6-14-2/h3-4,7,12H,5-6,11H2,1-2H3. The van der Waals surface area contributed by atoms with Gasteiger partial charge in [0, 0.05) is 18.4 Å². The molecule has 3 N–H and O–H groups in total. The van der Waals surface area contributed by atoms with Crippen LogP contribution in [0.3, 0.4) is 0 Å². The summed E-state index contributed by atoms with van der Waals surface area (Å²) in [5, 5.41) is 3.26. The molecule has 14 heavy (non-hydrogen) atoms. The predicted molar refractivity (Wildman–Crippen MR) is 64.3 cm³/mol. The molecule has 0 amide bonds. The highest BCUT2D eigenvalue weighted by Crippen LogP contribution is 2.23. The summed E-state index contributed by atoms with van der Waals surface area (Å²) in [7, 11) is 1.63. The van der Waals surface area contributed by atoms with Crippen LogP contribution in [-0.2, 0) is 0 Å². The Kier molecular flexibility index (Phi) is 4.46. The largest absolute Gasteiger partial charge is 0.497 e. The van der Waals surface area contributed by atoms with Gasteiger partial charge >= 0.3 is 0 Å². The lowest BCUT2D eigenvalue weighted by molar-refractivity contribution is 0.415. The van der Waals surface area contributed by atoms with E-state index >= 15 is 0 Å². The van der Waals surface area contributed by atoms with Gasteiger partial charge in [-0.25, -0.2) is 0 Å². The lowest BCUT2D eigenvalue weighted by atomic mass is 10.2. The van der Waals surface area contributed by atoms with Crippen LogP contribution in [0.15, 0.2) is 18.2 Å². The molecule has 3 nitrogen and oxygen atoms in total. The minimum absolute atomic E-state index is 0.727. The van der Waals surface area contributed by atoms with Crippen LogP contribution in [-0.4, -0.2) is 25.7 Å². The molecule has 0 bridgehead atoms. The van der Waals surface area contributed by atoms with Crippen molar-refractivity contribution in [2.45, 2.75) is 0 Å². The van der Waals surface area contributed by atoms with Crippen molar-refractivity contribution >= 4 is 23.1 Å². The van der Waals surface area contributed by atoms with Crippen LogP contribution in [0.4, 0.5) is 11.4 Å². The summed E-state index contributed by atoms with van der Waals surface area (Å²) in [6.07, 6.45) is 2.08. The Morgan fingerprint density at radius 1 is 1.50 bits per heavy atom. The smallest absolute Gasteiger partial charge is 0.121 e. The molecule has 0 saturated heterocycles. The molecule has 1 aromatic carbocycles. The van der Waals surface area contributed by atoms with Crippen LogP contribution in [0, 0.1) is 0 Å². The first-order valence-corrected chi connectivity index (χ1v) is 5.83. The summed E-state index contributed by atoms with van der Waals surface area (Å²) < 4.78 is 5.06. The third-order valence-electron chi connectivity index (χ3n) is 1.88. The molecule has 1 aromatic rings. The molecule has 0 spiro atoms. The predicted octanol–water partition coefficient (Wildman–Crippen LogP) is 2.05. The summed E-state index contributed by atoms with van der Waals surface area (Å²) in [6.45, 7) is 0.928. The van der Waals surface area contributed by atoms with Crippen molar-refractivity contribution in [2.24, 2.45) is 0 Å². The van der Waals surface area contributed by atoms with Gasteiger partial charge in [-0.05, 0) is 18.4 Å². The van der Waals surface area contributed by atoms with Crippen molar-refractivity contribution in [3.8, 4) is 5.75 Å². The molecule has 78 valence electrons. The summed E-state index contributed by atoms with van der Waals surface area (Å²) in [5.41, 5.74) is 7.53. The molecule has 0 fully saturated rings. The zero-order chi connectivity index (χ0) is 10.4. The zero-order valence-corrected chi connectivity index (χ0v) is 9.36. The van der Waals surface area contributed by atoms with Crippen LogP contribution in [0.25, 0.3) is 0 Å². The summed E-state index contributed by atoms with van der Waals surface area (Å²) in [6, 6.07) is 5.66. The molecule has 1 rings (SSSR count). The van der Waals surface area contributed by atoms with Crippen LogP contribution >= 0.6 is 11.8 Å². The maximum atomic E-state index is 5.83. The molecule has 0 unspecified atom stereocenters. The summed E-state index contributed by atoms with van der Waals surface area (Å²) in [4.78, 5) is 0. The highest BCUT2D eigenvalue weighted by molar-refractivity contribution is 7.98. The Labute approximate surface area is 89.0 Å². The summed E-state index contributed by atoms with van der Waals surface area (Å²) in [5.74, 6) is 1.86. The molecular formula is C10H16N2OS. The third kappa shape index (κ3) is 3.03. The molecule has 0 aliphatic carbocycles. The maximum absolute atomic E-state index is 5.83. The van der Waals surface area contributed by atoms with Crippen molar-refractivity contribution < 1.29 is 4.74 Å². The molecule has 0 radical (unpaired) electrons. The van der Waals surface area contributed by atoms with Crippen molar-refractivity contribution in [3.05, 3.63) is 18.2 Å². The van der Waals surface area contributed by atoms with Crippen molar-refractivity contribution in [3.63, 3.8) is 0 Å². The van der Waals surface area contributed by atoms with E-state index in [9.17, 15) is 0 Å². The fourth-order valence-electron chi connectivity index (χ4n) is 1.12. The number of benzene rings is 1. The lowest BCUT2D eigenvalue weighted by Gasteiger charge is -2.09. The number of anilines is 2. The van der Waals surface area contributed by atoms with Gasteiger partial charge in [-0.3, -0.25) is 0 Å². The quantitative estimate of drug-likeness (QED) is 0.579. The third-order valence-corrected chi connectivity index (χ3v) is 2.49. The number of hydrogen-bond acceptors (Lipinski definition) is 4. The average Bonchev–Trinajstić information content (AvgIpc) is 2.20. The highest BCUT2D eigenvalue weighted by atomic mass is 32.2. The summed E-state index contributed by atoms with van der Waals surface area (Å²) >= 11 is 1.81. The van der Waals surface area contributed by atoms with Gasteiger partial charge in [-0.15, -0.1) is 0 Å². The van der Waals surface area contributed by atoms with Crippen LogP contribution < -0.4 is 15.8 Å². The topological polar surface area (TPSA) is 47.3 Å². The van der Waals surface area contributed by atoms with Gasteiger partial charge in [0.1, 0.15) is 5.75 Å². The van der Waals surface area contributed by atoms with Crippen molar-refractivity contribution in [2.75, 3.05) is 36.7 Å². The van der Waals surface area contributed by atoms with Crippen molar-refractivity contribution in [1.29, 1.82) is 0 Å². The molecule has 0 saturated carbocycles. The Bertz CT molecular complexity index is 291. The molecule has 0 aromatic heterocycles. The normalized spacial score (nSPS) is 9.86. The number of rotatable bonds is 5. The van der Waals surface area contributed by atoms with E-state index in [1.807, 2.05) is 18.2 Å². The van der Waals surface area contributed by atoms with Crippen molar-refractivity contribution in [1.82, 2.24) is 0 Å². The molecule has 0 aliphatic rings. The van der Waals surface area contributed by atoms with E-state index in [0.29, 0.717) is 0 Å². The average molecular weight is 212 g/mol. The van der Waals surface area contributed by atoms with E-state index in [4.69, 9.17) is 10.5 Å². The second kappa shape index (κ2) is 5.65. The number of nitrogen functional groups attached to an aromatic ring is 1. The van der Waals surface area contributed by atoms with Gasteiger partial charge in [0.25, 0.3) is 0 Å². The van der Waals surface area contributed by atoms with Gasteiger partial charge in [-0.2, -0.15) is 11.8 Å². The minimum Gasteiger partial charge on any atom is -0.497 e. The van der Waals surface area contributed by atoms with Crippen LogP contribution in [0.2, 0.25) is 0 Å². The second-order valence-corrected chi connectivity index (χ2v) is 3.86. The van der Waals surface area contributed by atoms with E-state index in [2.05, 4.69) is 11.6 Å². The fraction of sp³-hybridized carbons (Fsp3) is 0.400. The molecule has 4 heteroatoms. The number of methoxy groups -OCH3 is 1. The fourth-order valence-corrected chi connectivity index (χ4v) is 1.42. The Balaban J connectivity index is 2.59. The molecule has 0 heterocycles. The van der Waals surface area contributed by atoms with Crippen LogP contribution in [0.1, 0.15) is 0 Å². The Morgan fingerprint density at radius 2 is 2.29 bits per heavy atom. The first-order chi connectivity index (χ1) is 6.77. The van der Waals surface area contributed by atoms with E-state index in [0.717, 1.165) is 29.4 Å². The molecule has 0 aliphatic heterocycles. The second-order valence-electron chi connectivity index (χ2n) is 2.87. The van der Waals surface area contributed by atoms with E-state index in [1.54, 1.807) is 18.9 Å². The van der Waals surface area contributed by atoms with Crippen LogP contribution in [0.5, 0.6) is 5.75 Å². The molecular weight excluding hydrogens is 196 g/mol. The Hall–Kier alpha value is -1.03. The van der Waals surface area contributed by atoms with Gasteiger partial charge in [0.05, 0.1) is 18.5 Å². The number of hydrogen-bond donors (Lipinski definition) is 2. The van der Waals surface area contributed by atoms with Gasteiger partial charge < -0.3 is 15.8 Å². The van der Waals surface area contributed by atoms with E-state index in [-0.39, 0.29) is 0 Å². The highest BCUT2D eigenvalue weighted by Gasteiger charge is 1.99. The first-order valence-electron chi connectivity index (χ1n) is 4.44. The lowest BCUT2D eigenvalue weighted by Crippen LogP contribution is -2.06. The van der Waals surface area contributed by atoms with E-state index < -0.39 is 0 Å². The number of nitrogens with two attached hydrogens (primary N) is 1. The maximum Gasteiger partial charge on any atom is 0.121 e. The van der Waals surface area contributed by atoms with Gasteiger partial charge in [0.2, 0.25) is 0 Å². The molecule has 0 atom stereocenters. The van der Waals surface area contributed by atoms with E-state index in [1.165, 1.54) is 0 Å². The Morgan fingerprint density at radius 3 is 2.86 bits per heavy atom. The zero-order valence-electron chi connectivity index (χ0n) is 8.54. The number of ether oxygens (including phenoxy) is 1.